The van der Waals surface area contributed by atoms with Crippen LogP contribution in [-0.4, -0.2) is 46.9 Å². The normalized spacial score (nSPS) is 17.3. The number of carbonyl (C=O) groups excluding carboxylic acids is 1. The van der Waals surface area contributed by atoms with Gasteiger partial charge in [0.2, 0.25) is 0 Å². The fraction of sp³-hybridized carbons (Fsp3) is 0.276. The van der Waals surface area contributed by atoms with E-state index in [1.54, 1.807) is 6.07 Å². The number of hydrogen-bond donors (Lipinski definition) is 1. The largest absolute Gasteiger partial charge is 0.372 e. The molecule has 2 unspecified atom stereocenters. The molecule has 0 bridgehead atoms. The highest BCUT2D eigenvalue weighted by molar-refractivity contribution is 7.99. The Morgan fingerprint density at radius 3 is 2.61 bits per heavy atom. The summed E-state index contributed by atoms with van der Waals surface area (Å²) in [6, 6.07) is 11.2. The molecule has 0 saturated carbocycles. The monoisotopic (exact) mass is 604 g/mol. The van der Waals surface area contributed by atoms with Crippen molar-refractivity contribution in [3.05, 3.63) is 82.6 Å². The van der Waals surface area contributed by atoms with Crippen molar-refractivity contribution < 1.29 is 27.1 Å². The van der Waals surface area contributed by atoms with Crippen LogP contribution in [0.2, 0.25) is 5.02 Å². The second-order valence-electron chi connectivity index (χ2n) is 9.75. The number of nitrogens with zero attached hydrogens (tertiary/aromatic N) is 3. The molecule has 0 radical (unpaired) electrons. The van der Waals surface area contributed by atoms with Gasteiger partial charge in [0, 0.05) is 63.2 Å². The second-order valence-corrected chi connectivity index (χ2v) is 11.3. The molecule has 12 heteroatoms. The fourth-order valence-corrected chi connectivity index (χ4v) is 5.70. The maximum Gasteiger partial charge on any atom is 0.288 e. The number of thioether (sulfide) groups is 1. The lowest BCUT2D eigenvalue weighted by Crippen LogP contribution is -2.45. The Balaban J connectivity index is 1.39. The van der Waals surface area contributed by atoms with E-state index in [2.05, 4.69) is 15.3 Å². The van der Waals surface area contributed by atoms with Crippen molar-refractivity contribution in [2.75, 3.05) is 18.0 Å². The van der Waals surface area contributed by atoms with Crippen molar-refractivity contribution in [2.24, 2.45) is 0 Å². The minimum absolute atomic E-state index is 0.0575. The number of ether oxygens (including phenoxy) is 1. The summed E-state index contributed by atoms with van der Waals surface area (Å²) in [5.41, 5.74) is 0.732. The number of anilines is 1. The first-order valence-electron chi connectivity index (χ1n) is 12.7. The number of morpholine rings is 1. The Morgan fingerprint density at radius 1 is 1.12 bits per heavy atom. The number of pyridine rings is 2. The molecule has 1 amide bonds. The van der Waals surface area contributed by atoms with Crippen LogP contribution >= 0.6 is 23.4 Å². The van der Waals surface area contributed by atoms with Gasteiger partial charge in [0.25, 0.3) is 11.7 Å². The molecule has 214 valence electrons. The molecule has 2 aromatic heterocycles. The number of carbonyl (C=O) groups is 1. The Hall–Kier alpha value is -3.41. The number of rotatable bonds is 7. The van der Waals surface area contributed by atoms with E-state index in [4.69, 9.17) is 16.3 Å². The summed E-state index contributed by atoms with van der Waals surface area (Å²) in [7, 11) is 0. The van der Waals surface area contributed by atoms with Gasteiger partial charge in [-0.25, -0.2) is 13.8 Å². The van der Waals surface area contributed by atoms with Gasteiger partial charge in [-0.1, -0.05) is 29.4 Å². The van der Waals surface area contributed by atoms with Crippen LogP contribution in [0.5, 0.6) is 0 Å². The Bertz CT molecular complexity index is 1600. The number of benzene rings is 2. The maximum absolute atomic E-state index is 15.8. The lowest BCUT2D eigenvalue weighted by atomic mass is 10.0. The molecule has 5 rings (SSSR count). The number of aromatic nitrogens is 2. The van der Waals surface area contributed by atoms with E-state index in [9.17, 15) is 18.0 Å². The average Bonchev–Trinajstić information content (AvgIpc) is 2.90. The summed E-state index contributed by atoms with van der Waals surface area (Å²) in [5, 5.41) is 3.53. The van der Waals surface area contributed by atoms with Crippen molar-refractivity contribution in [2.45, 2.75) is 43.3 Å². The highest BCUT2D eigenvalue weighted by Gasteiger charge is 2.24. The molecule has 2 aromatic carbocycles. The van der Waals surface area contributed by atoms with Gasteiger partial charge in [0.15, 0.2) is 0 Å². The number of fused-ring (bicyclic) bond motifs is 1. The highest BCUT2D eigenvalue weighted by atomic mass is 35.5. The van der Waals surface area contributed by atoms with Crippen LogP contribution in [0.25, 0.3) is 22.0 Å². The molecule has 1 aliphatic heterocycles. The van der Waals surface area contributed by atoms with Crippen LogP contribution < -0.4 is 10.2 Å². The average molecular weight is 605 g/mol. The van der Waals surface area contributed by atoms with Crippen molar-refractivity contribution in [3.8, 4) is 11.3 Å². The van der Waals surface area contributed by atoms with Crippen LogP contribution in [0, 0.1) is 11.6 Å². The van der Waals surface area contributed by atoms with Gasteiger partial charge in [0.1, 0.15) is 17.5 Å². The van der Waals surface area contributed by atoms with Gasteiger partial charge in [-0.15, -0.1) is 0 Å². The van der Waals surface area contributed by atoms with Gasteiger partial charge < -0.3 is 15.0 Å². The standard InChI is InChI=1S/C29H25ClF4N4O2S/c1-15-13-38(14-16(2)40-15)26-9-20(31)8-25(37-26)23-4-3-17-11-35-21(10-24(17)27(23)32)12-36-28(39)18-5-19(30)7-22(6-18)41-29(33)34/h3-11,15-16,29H,12-14H2,1-2H3,(H,36,39). The van der Waals surface area contributed by atoms with Crippen molar-refractivity contribution in [1.82, 2.24) is 15.3 Å². The summed E-state index contributed by atoms with van der Waals surface area (Å²) in [4.78, 5) is 23.6. The number of nitrogens with one attached hydrogen (secondary N) is 1. The van der Waals surface area contributed by atoms with Gasteiger partial charge in [-0.05, 0) is 44.2 Å². The third-order valence-electron chi connectivity index (χ3n) is 6.48. The zero-order chi connectivity index (χ0) is 29.3. The fourth-order valence-electron chi connectivity index (χ4n) is 4.80. The summed E-state index contributed by atoms with van der Waals surface area (Å²) < 4.78 is 61.8. The topological polar surface area (TPSA) is 67.4 Å². The van der Waals surface area contributed by atoms with Crippen LogP contribution in [0.3, 0.4) is 0 Å². The van der Waals surface area contributed by atoms with E-state index in [1.807, 2.05) is 18.7 Å². The third-order valence-corrected chi connectivity index (χ3v) is 7.38. The zero-order valence-corrected chi connectivity index (χ0v) is 23.6. The molecule has 2 atom stereocenters. The zero-order valence-electron chi connectivity index (χ0n) is 22.0. The lowest BCUT2D eigenvalue weighted by molar-refractivity contribution is -0.00547. The number of halogens is 5. The predicted octanol–water partition coefficient (Wildman–Crippen LogP) is 7.09. The predicted molar refractivity (Wildman–Crippen MR) is 152 cm³/mol. The van der Waals surface area contributed by atoms with Gasteiger partial charge in [-0.3, -0.25) is 9.78 Å². The molecule has 0 aliphatic carbocycles. The van der Waals surface area contributed by atoms with E-state index in [0.717, 1.165) is 0 Å². The minimum atomic E-state index is -2.66. The van der Waals surface area contributed by atoms with Gasteiger partial charge in [-0.2, -0.15) is 8.78 Å². The van der Waals surface area contributed by atoms with Crippen molar-refractivity contribution >= 4 is 45.9 Å². The van der Waals surface area contributed by atoms with E-state index in [-0.39, 0.29) is 62.6 Å². The highest BCUT2D eigenvalue weighted by Crippen LogP contribution is 2.31. The smallest absolute Gasteiger partial charge is 0.288 e. The molecule has 1 saturated heterocycles. The van der Waals surface area contributed by atoms with Crippen LogP contribution in [0.1, 0.15) is 29.9 Å². The molecule has 4 aromatic rings. The quantitative estimate of drug-likeness (QED) is 0.180. The first kappa shape index (κ1) is 29.1. The summed E-state index contributed by atoms with van der Waals surface area (Å²) in [6.45, 7) is 4.86. The molecule has 1 N–H and O–H groups in total. The summed E-state index contributed by atoms with van der Waals surface area (Å²) >= 11 is 6.27. The lowest BCUT2D eigenvalue weighted by Gasteiger charge is -2.36. The van der Waals surface area contributed by atoms with Crippen LogP contribution in [0.4, 0.5) is 23.4 Å². The molecule has 6 nitrogen and oxygen atoms in total. The second kappa shape index (κ2) is 12.2. The van der Waals surface area contributed by atoms with Crippen LogP contribution in [0.15, 0.2) is 59.6 Å². The number of hydrogen-bond acceptors (Lipinski definition) is 6. The maximum atomic E-state index is 15.8. The molecule has 1 aliphatic rings. The van der Waals surface area contributed by atoms with E-state index in [1.165, 1.54) is 48.7 Å². The van der Waals surface area contributed by atoms with Crippen molar-refractivity contribution in [3.63, 3.8) is 0 Å². The van der Waals surface area contributed by atoms with Gasteiger partial charge >= 0.3 is 0 Å². The van der Waals surface area contributed by atoms with Gasteiger partial charge in [0.05, 0.1) is 30.1 Å². The van der Waals surface area contributed by atoms with Crippen molar-refractivity contribution in [1.29, 1.82) is 0 Å². The van der Waals surface area contributed by atoms with E-state index in [0.29, 0.717) is 30.0 Å². The van der Waals surface area contributed by atoms with Crippen LogP contribution in [-0.2, 0) is 11.3 Å². The Morgan fingerprint density at radius 2 is 1.88 bits per heavy atom. The minimum Gasteiger partial charge on any atom is -0.372 e. The summed E-state index contributed by atoms with van der Waals surface area (Å²) in [5.74, 6) is -3.95. The van der Waals surface area contributed by atoms with E-state index < -0.39 is 23.3 Å². The Labute approximate surface area is 243 Å². The summed E-state index contributed by atoms with van der Waals surface area (Å²) in [6.07, 6.45) is 1.35. The Kier molecular flexibility index (Phi) is 8.67. The molecule has 1 fully saturated rings. The first-order chi connectivity index (χ1) is 19.5. The van der Waals surface area contributed by atoms with E-state index >= 15 is 4.39 Å². The molecule has 0 spiro atoms. The molecular weight excluding hydrogens is 580 g/mol. The molecule has 3 heterocycles. The molecule has 41 heavy (non-hydrogen) atoms. The third kappa shape index (κ3) is 6.91. The molecular formula is C29H25ClF4N4O2S. The SMILES string of the molecule is CC1CN(c2cc(F)cc(-c3ccc4cnc(CNC(=O)c5cc(Cl)cc(SC(F)F)c5)cc4c3F)n2)CC(C)O1. The first-order valence-corrected chi connectivity index (χ1v) is 14.0. The number of alkyl halides is 2. The number of amides is 1.